The van der Waals surface area contributed by atoms with Crippen molar-refractivity contribution in [3.05, 3.63) is 32.5 Å². The maximum absolute atomic E-state index is 9.06. The van der Waals surface area contributed by atoms with Gasteiger partial charge < -0.3 is 10.4 Å². The summed E-state index contributed by atoms with van der Waals surface area (Å²) >= 11 is 1.75. The fraction of sp³-hybridized carbons (Fsp3) is 0.600. The first kappa shape index (κ1) is 16.1. The van der Waals surface area contributed by atoms with Crippen molar-refractivity contribution < 1.29 is 5.11 Å². The zero-order chi connectivity index (χ0) is 15.6. The van der Waals surface area contributed by atoms with Gasteiger partial charge in [-0.15, -0.1) is 11.3 Å². The van der Waals surface area contributed by atoms with Crippen LogP contribution in [0.2, 0.25) is 0 Å². The third-order valence-electron chi connectivity index (χ3n) is 3.76. The Hall–Kier alpha value is -1.24. The van der Waals surface area contributed by atoms with Gasteiger partial charge in [-0.25, -0.2) is 4.98 Å². The van der Waals surface area contributed by atoms with Crippen LogP contribution in [0.1, 0.15) is 45.5 Å². The average molecular weight is 308 g/mol. The van der Waals surface area contributed by atoms with E-state index in [2.05, 4.69) is 36.2 Å². The number of nitrogens with one attached hydrogen (secondary N) is 1. The molecule has 0 saturated carbocycles. The summed E-state index contributed by atoms with van der Waals surface area (Å²) in [6.45, 7) is 11.8. The largest absolute Gasteiger partial charge is 0.394 e. The molecule has 0 aromatic carbocycles. The Kier molecular flexibility index (Phi) is 5.13. The molecule has 1 atom stereocenters. The Balaban J connectivity index is 2.08. The number of rotatable bonds is 6. The van der Waals surface area contributed by atoms with Crippen molar-refractivity contribution in [2.75, 3.05) is 6.61 Å². The Morgan fingerprint density at radius 3 is 2.52 bits per heavy atom. The van der Waals surface area contributed by atoms with Gasteiger partial charge in [0.25, 0.3) is 0 Å². The van der Waals surface area contributed by atoms with Crippen LogP contribution in [0.15, 0.2) is 0 Å². The second kappa shape index (κ2) is 6.68. The quantitative estimate of drug-likeness (QED) is 0.860. The summed E-state index contributed by atoms with van der Waals surface area (Å²) in [5.41, 5.74) is 4.48. The standard InChI is InChI=1S/C15H24N4OS/c1-9-14(12(4)19(18-9)6-7-20)8-16-10(2)15-11(3)17-13(5)21-15/h10,16,20H,6-8H2,1-5H3. The fourth-order valence-electron chi connectivity index (χ4n) is 2.60. The van der Waals surface area contributed by atoms with Crippen molar-refractivity contribution in [3.8, 4) is 0 Å². The lowest BCUT2D eigenvalue weighted by Crippen LogP contribution is -2.19. The molecular formula is C15H24N4OS. The molecule has 1 unspecified atom stereocenters. The van der Waals surface area contributed by atoms with Gasteiger partial charge in [0.05, 0.1) is 29.5 Å². The molecule has 0 aliphatic rings. The first-order valence-electron chi connectivity index (χ1n) is 7.25. The molecule has 2 aromatic rings. The van der Waals surface area contributed by atoms with Crippen molar-refractivity contribution in [1.29, 1.82) is 0 Å². The van der Waals surface area contributed by atoms with Crippen LogP contribution < -0.4 is 5.32 Å². The lowest BCUT2D eigenvalue weighted by atomic mass is 10.1. The molecule has 0 bridgehead atoms. The van der Waals surface area contributed by atoms with Gasteiger partial charge in [0.15, 0.2) is 0 Å². The molecule has 0 saturated heterocycles. The summed E-state index contributed by atoms with van der Waals surface area (Å²) < 4.78 is 1.87. The van der Waals surface area contributed by atoms with Gasteiger partial charge in [-0.2, -0.15) is 5.10 Å². The third-order valence-corrected chi connectivity index (χ3v) is 5.02. The molecule has 2 N–H and O–H groups in total. The van der Waals surface area contributed by atoms with E-state index >= 15 is 0 Å². The van der Waals surface area contributed by atoms with Crippen LogP contribution in [0.5, 0.6) is 0 Å². The van der Waals surface area contributed by atoms with E-state index in [1.54, 1.807) is 11.3 Å². The summed E-state index contributed by atoms with van der Waals surface area (Å²) in [5, 5.41) is 18.2. The van der Waals surface area contributed by atoms with Gasteiger partial charge in [0.1, 0.15) is 0 Å². The minimum absolute atomic E-state index is 0.116. The number of aliphatic hydroxyl groups excluding tert-OH is 1. The van der Waals surface area contributed by atoms with E-state index in [9.17, 15) is 0 Å². The first-order valence-corrected chi connectivity index (χ1v) is 8.06. The van der Waals surface area contributed by atoms with Crippen LogP contribution in [-0.2, 0) is 13.1 Å². The van der Waals surface area contributed by atoms with Crippen LogP contribution in [0.3, 0.4) is 0 Å². The van der Waals surface area contributed by atoms with Gasteiger partial charge in [-0.1, -0.05) is 0 Å². The molecule has 0 amide bonds. The monoisotopic (exact) mass is 308 g/mol. The van der Waals surface area contributed by atoms with Crippen molar-refractivity contribution in [2.24, 2.45) is 0 Å². The zero-order valence-corrected chi connectivity index (χ0v) is 14.2. The predicted molar refractivity (Wildman–Crippen MR) is 85.6 cm³/mol. The zero-order valence-electron chi connectivity index (χ0n) is 13.4. The van der Waals surface area contributed by atoms with Gasteiger partial charge in [0.2, 0.25) is 0 Å². The normalized spacial score (nSPS) is 12.9. The molecule has 5 nitrogen and oxygen atoms in total. The van der Waals surface area contributed by atoms with Crippen LogP contribution in [0.4, 0.5) is 0 Å². The highest BCUT2D eigenvalue weighted by molar-refractivity contribution is 7.11. The molecule has 0 fully saturated rings. The molecule has 21 heavy (non-hydrogen) atoms. The highest BCUT2D eigenvalue weighted by atomic mass is 32.1. The Morgan fingerprint density at radius 1 is 1.24 bits per heavy atom. The number of thiazole rings is 1. The van der Waals surface area contributed by atoms with Crippen LogP contribution in [0, 0.1) is 27.7 Å². The summed E-state index contributed by atoms with van der Waals surface area (Å²) in [6, 6.07) is 0.274. The summed E-state index contributed by atoms with van der Waals surface area (Å²) in [4.78, 5) is 5.78. The number of hydrogen-bond acceptors (Lipinski definition) is 5. The second-order valence-electron chi connectivity index (χ2n) is 5.38. The topological polar surface area (TPSA) is 63.0 Å². The molecule has 0 radical (unpaired) electrons. The average Bonchev–Trinajstić information content (AvgIpc) is 2.89. The van der Waals surface area contributed by atoms with Crippen LogP contribution in [-0.4, -0.2) is 26.5 Å². The van der Waals surface area contributed by atoms with E-state index in [-0.39, 0.29) is 12.6 Å². The van der Waals surface area contributed by atoms with Crippen LogP contribution in [0.25, 0.3) is 0 Å². The maximum atomic E-state index is 9.06. The van der Waals surface area contributed by atoms with E-state index in [4.69, 9.17) is 5.11 Å². The molecule has 0 aliphatic carbocycles. The van der Waals surface area contributed by atoms with E-state index in [1.807, 2.05) is 18.5 Å². The van der Waals surface area contributed by atoms with Crippen molar-refractivity contribution in [2.45, 2.75) is 53.8 Å². The smallest absolute Gasteiger partial charge is 0.0900 e. The Labute approximate surface area is 130 Å². The highest BCUT2D eigenvalue weighted by Crippen LogP contribution is 2.25. The number of aryl methyl sites for hydroxylation is 3. The minimum atomic E-state index is 0.116. The molecule has 6 heteroatoms. The molecule has 116 valence electrons. The molecule has 0 spiro atoms. The Morgan fingerprint density at radius 2 is 1.95 bits per heavy atom. The third kappa shape index (κ3) is 3.51. The summed E-state index contributed by atoms with van der Waals surface area (Å²) in [6.07, 6.45) is 0. The predicted octanol–water partition coefficient (Wildman–Crippen LogP) is 2.42. The minimum Gasteiger partial charge on any atom is -0.394 e. The van der Waals surface area contributed by atoms with E-state index in [1.165, 1.54) is 10.4 Å². The van der Waals surface area contributed by atoms with E-state index < -0.39 is 0 Å². The number of hydrogen-bond donors (Lipinski definition) is 2. The number of aliphatic hydroxyl groups is 1. The maximum Gasteiger partial charge on any atom is 0.0900 e. The first-order chi connectivity index (χ1) is 9.93. The summed E-state index contributed by atoms with van der Waals surface area (Å²) in [5.74, 6) is 0. The second-order valence-corrected chi connectivity index (χ2v) is 6.62. The van der Waals surface area contributed by atoms with Crippen molar-refractivity contribution in [1.82, 2.24) is 20.1 Å². The van der Waals surface area contributed by atoms with Gasteiger partial charge in [0, 0.05) is 28.7 Å². The molecule has 2 rings (SSSR count). The lowest BCUT2D eigenvalue weighted by Gasteiger charge is -2.13. The highest BCUT2D eigenvalue weighted by Gasteiger charge is 2.15. The van der Waals surface area contributed by atoms with Crippen molar-refractivity contribution >= 4 is 11.3 Å². The van der Waals surface area contributed by atoms with Gasteiger partial charge >= 0.3 is 0 Å². The molecule has 0 aliphatic heterocycles. The van der Waals surface area contributed by atoms with Crippen LogP contribution >= 0.6 is 11.3 Å². The fourth-order valence-corrected chi connectivity index (χ4v) is 3.55. The SMILES string of the molecule is Cc1nc(C)c(C(C)NCc2c(C)nn(CCO)c2C)s1. The van der Waals surface area contributed by atoms with Gasteiger partial charge in [-0.3, -0.25) is 4.68 Å². The number of nitrogens with zero attached hydrogens (tertiary/aromatic N) is 3. The Bertz CT molecular complexity index is 617. The van der Waals surface area contributed by atoms with E-state index in [0.29, 0.717) is 6.54 Å². The van der Waals surface area contributed by atoms with Crippen molar-refractivity contribution in [3.63, 3.8) is 0 Å². The molecule has 2 heterocycles. The molecule has 2 aromatic heterocycles. The van der Waals surface area contributed by atoms with E-state index in [0.717, 1.165) is 28.6 Å². The molecular weight excluding hydrogens is 284 g/mol. The summed E-state index contributed by atoms with van der Waals surface area (Å²) in [7, 11) is 0. The van der Waals surface area contributed by atoms with Gasteiger partial charge in [-0.05, 0) is 34.6 Å². The number of aromatic nitrogens is 3. The lowest BCUT2D eigenvalue weighted by molar-refractivity contribution is 0.267.